The number of fused-ring (bicyclic) bond motifs is 2. The molecular formula is C25H27BrN8OS. The monoisotopic (exact) mass is 566 g/mol. The van der Waals surface area contributed by atoms with E-state index in [-0.39, 0.29) is 0 Å². The van der Waals surface area contributed by atoms with E-state index in [0.29, 0.717) is 11.8 Å². The van der Waals surface area contributed by atoms with E-state index in [1.807, 2.05) is 25.4 Å². The highest BCUT2D eigenvalue weighted by atomic mass is 79.9. The number of ether oxygens (including phenoxy) is 1. The third kappa shape index (κ3) is 4.91. The minimum atomic E-state index is 0.462. The van der Waals surface area contributed by atoms with Crippen LogP contribution < -0.4 is 19.7 Å². The van der Waals surface area contributed by atoms with E-state index in [0.717, 1.165) is 57.8 Å². The number of methoxy groups -OCH3 is 1. The van der Waals surface area contributed by atoms with E-state index in [4.69, 9.17) is 9.72 Å². The summed E-state index contributed by atoms with van der Waals surface area (Å²) in [7, 11) is 5.82. The van der Waals surface area contributed by atoms with Crippen molar-refractivity contribution >= 4 is 67.7 Å². The summed E-state index contributed by atoms with van der Waals surface area (Å²) in [6, 6.07) is 8.19. The van der Waals surface area contributed by atoms with Crippen LogP contribution >= 0.6 is 27.9 Å². The number of nitrogens with zero attached hydrogens (tertiary/aromatic N) is 6. The fraction of sp³-hybridized carbons (Fsp3) is 0.280. The summed E-state index contributed by atoms with van der Waals surface area (Å²) in [5, 5.41) is 6.82. The highest BCUT2D eigenvalue weighted by molar-refractivity contribution is 9.10. The number of halogens is 1. The lowest BCUT2D eigenvalue weighted by atomic mass is 9.99. The van der Waals surface area contributed by atoms with Crippen LogP contribution in [0.2, 0.25) is 0 Å². The van der Waals surface area contributed by atoms with Crippen molar-refractivity contribution in [3.05, 3.63) is 58.5 Å². The van der Waals surface area contributed by atoms with Gasteiger partial charge in [-0.25, -0.2) is 4.98 Å². The number of nitrogens with one attached hydrogen (secondary N) is 2. The minimum Gasteiger partial charge on any atom is -0.495 e. The van der Waals surface area contributed by atoms with Crippen molar-refractivity contribution in [2.24, 2.45) is 0 Å². The van der Waals surface area contributed by atoms with Crippen molar-refractivity contribution < 1.29 is 4.74 Å². The van der Waals surface area contributed by atoms with Crippen LogP contribution in [0.4, 0.5) is 28.8 Å². The van der Waals surface area contributed by atoms with Gasteiger partial charge in [-0.05, 0) is 64.8 Å². The molecule has 0 unspecified atom stereocenters. The Morgan fingerprint density at radius 1 is 1.08 bits per heavy atom. The van der Waals surface area contributed by atoms with Gasteiger partial charge in [0.1, 0.15) is 17.1 Å². The molecule has 1 aliphatic heterocycles. The first-order valence-corrected chi connectivity index (χ1v) is 13.4. The van der Waals surface area contributed by atoms with Gasteiger partial charge in [0, 0.05) is 45.0 Å². The first kappa shape index (κ1) is 24.5. The quantitative estimate of drug-likeness (QED) is 0.284. The van der Waals surface area contributed by atoms with Crippen LogP contribution in [-0.4, -0.2) is 58.8 Å². The van der Waals surface area contributed by atoms with Crippen molar-refractivity contribution in [1.29, 1.82) is 0 Å². The standard InChI is InChI=1S/C25H27BrN8OS/c1-33-10-7-15-12-21(35-3)20(11-16(15)14-33)31-25-29-13-17(26)24(32-25)30-19-6-5-18-22(28-9-8-27-18)23(19)34(2)36-4/h5-6,8-9,11-13H,7,10,14H2,1-4H3,(H2,29,30,31,32). The van der Waals surface area contributed by atoms with Gasteiger partial charge in [-0.15, -0.1) is 0 Å². The number of hydrogen-bond acceptors (Lipinski definition) is 10. The Kier molecular flexibility index (Phi) is 7.13. The zero-order valence-corrected chi connectivity index (χ0v) is 22.9. The molecule has 0 amide bonds. The van der Waals surface area contributed by atoms with Gasteiger partial charge in [-0.3, -0.25) is 9.97 Å². The van der Waals surface area contributed by atoms with Crippen LogP contribution in [0, 0.1) is 0 Å². The maximum absolute atomic E-state index is 5.68. The zero-order chi connectivity index (χ0) is 25.2. The average Bonchev–Trinajstić information content (AvgIpc) is 2.89. The minimum absolute atomic E-state index is 0.462. The number of benzene rings is 2. The van der Waals surface area contributed by atoms with Crippen molar-refractivity contribution in [3.63, 3.8) is 0 Å². The van der Waals surface area contributed by atoms with Gasteiger partial charge in [-0.1, -0.05) is 11.9 Å². The molecule has 5 rings (SSSR count). The average molecular weight is 568 g/mol. The van der Waals surface area contributed by atoms with Crippen LogP contribution in [0.15, 0.2) is 47.3 Å². The predicted molar refractivity (Wildman–Crippen MR) is 151 cm³/mol. The van der Waals surface area contributed by atoms with Crippen LogP contribution in [-0.2, 0) is 13.0 Å². The third-order valence-electron chi connectivity index (χ3n) is 6.17. The van der Waals surface area contributed by atoms with Crippen LogP contribution in [0.5, 0.6) is 5.75 Å². The van der Waals surface area contributed by atoms with E-state index in [9.17, 15) is 0 Å². The molecule has 0 bridgehead atoms. The Balaban J connectivity index is 1.49. The molecule has 0 atom stereocenters. The molecular weight excluding hydrogens is 540 g/mol. The number of aromatic nitrogens is 4. The number of hydrogen-bond donors (Lipinski definition) is 2. The summed E-state index contributed by atoms with van der Waals surface area (Å²) >= 11 is 5.19. The summed E-state index contributed by atoms with van der Waals surface area (Å²) in [4.78, 5) is 20.6. The van der Waals surface area contributed by atoms with Gasteiger partial charge >= 0.3 is 0 Å². The smallest absolute Gasteiger partial charge is 0.229 e. The summed E-state index contributed by atoms with van der Waals surface area (Å²) in [6.45, 7) is 1.94. The molecule has 4 aromatic rings. The van der Waals surface area contributed by atoms with Crippen LogP contribution in [0.25, 0.3) is 11.0 Å². The molecule has 0 aliphatic carbocycles. The van der Waals surface area contributed by atoms with Crippen molar-refractivity contribution in [1.82, 2.24) is 24.8 Å². The molecule has 2 aromatic heterocycles. The molecule has 36 heavy (non-hydrogen) atoms. The van der Waals surface area contributed by atoms with Crippen molar-refractivity contribution in [2.45, 2.75) is 13.0 Å². The molecule has 0 spiro atoms. The molecule has 0 saturated carbocycles. The molecule has 11 heteroatoms. The molecule has 2 aromatic carbocycles. The maximum Gasteiger partial charge on any atom is 0.229 e. The second-order valence-corrected chi connectivity index (χ2v) is 10.3. The molecule has 9 nitrogen and oxygen atoms in total. The highest BCUT2D eigenvalue weighted by Crippen LogP contribution is 2.38. The summed E-state index contributed by atoms with van der Waals surface area (Å²) < 4.78 is 8.48. The summed E-state index contributed by atoms with van der Waals surface area (Å²) in [6.07, 6.45) is 8.16. The van der Waals surface area contributed by atoms with E-state index in [1.54, 1.807) is 37.6 Å². The number of likely N-dealkylation sites (N-methyl/N-ethyl adjacent to an activating group) is 1. The fourth-order valence-corrected chi connectivity index (χ4v) is 4.95. The van der Waals surface area contributed by atoms with Crippen molar-refractivity contribution in [2.75, 3.05) is 48.9 Å². The van der Waals surface area contributed by atoms with E-state index >= 15 is 0 Å². The van der Waals surface area contributed by atoms with E-state index in [2.05, 4.69) is 69.9 Å². The lowest BCUT2D eigenvalue weighted by Crippen LogP contribution is -2.26. The third-order valence-corrected chi connectivity index (χ3v) is 7.48. The lowest BCUT2D eigenvalue weighted by Gasteiger charge is -2.26. The largest absolute Gasteiger partial charge is 0.495 e. The van der Waals surface area contributed by atoms with Gasteiger partial charge < -0.3 is 24.6 Å². The molecule has 0 saturated heterocycles. The Bertz CT molecular complexity index is 1420. The van der Waals surface area contributed by atoms with Crippen LogP contribution in [0.3, 0.4) is 0 Å². The van der Waals surface area contributed by atoms with Gasteiger partial charge in [0.15, 0.2) is 0 Å². The molecule has 0 radical (unpaired) electrons. The normalized spacial score (nSPS) is 13.4. The maximum atomic E-state index is 5.68. The Hall–Kier alpha value is -3.15. The van der Waals surface area contributed by atoms with E-state index < -0.39 is 0 Å². The van der Waals surface area contributed by atoms with Gasteiger partial charge in [0.05, 0.1) is 34.2 Å². The SMILES string of the molecule is COc1cc2c(cc1Nc1ncc(Br)c(Nc3ccc4nccnc4c3N(C)SC)n1)CN(C)CC2. The van der Waals surface area contributed by atoms with Crippen molar-refractivity contribution in [3.8, 4) is 5.75 Å². The van der Waals surface area contributed by atoms with Gasteiger partial charge in [-0.2, -0.15) is 4.98 Å². The molecule has 2 N–H and O–H groups in total. The molecule has 0 fully saturated rings. The Morgan fingerprint density at radius 3 is 2.72 bits per heavy atom. The number of rotatable bonds is 7. The lowest BCUT2D eigenvalue weighted by molar-refractivity contribution is 0.312. The second kappa shape index (κ2) is 10.5. The van der Waals surface area contributed by atoms with Gasteiger partial charge in [0.25, 0.3) is 0 Å². The topological polar surface area (TPSA) is 91.3 Å². The first-order valence-electron chi connectivity index (χ1n) is 11.4. The van der Waals surface area contributed by atoms with Crippen LogP contribution in [0.1, 0.15) is 11.1 Å². The summed E-state index contributed by atoms with van der Waals surface area (Å²) in [5.74, 6) is 1.86. The number of anilines is 5. The fourth-order valence-electron chi connectivity index (χ4n) is 4.29. The van der Waals surface area contributed by atoms with Gasteiger partial charge in [0.2, 0.25) is 5.95 Å². The van der Waals surface area contributed by atoms with E-state index in [1.165, 1.54) is 11.1 Å². The highest BCUT2D eigenvalue weighted by Gasteiger charge is 2.19. The second-order valence-electron chi connectivity index (χ2n) is 8.51. The summed E-state index contributed by atoms with van der Waals surface area (Å²) in [5.41, 5.74) is 6.86. The molecule has 3 heterocycles. The Morgan fingerprint density at radius 2 is 1.92 bits per heavy atom. The first-order chi connectivity index (χ1) is 17.5. The molecule has 1 aliphatic rings. The zero-order valence-electron chi connectivity index (χ0n) is 20.5. The Labute approximate surface area is 223 Å². The predicted octanol–water partition coefficient (Wildman–Crippen LogP) is 5.38. The molecule has 186 valence electrons.